The van der Waals surface area contributed by atoms with Gasteiger partial charge in [-0.05, 0) is 49.7 Å². The molecule has 6 nitrogen and oxygen atoms in total. The summed E-state index contributed by atoms with van der Waals surface area (Å²) < 4.78 is 5.53. The van der Waals surface area contributed by atoms with Crippen LogP contribution >= 0.6 is 12.4 Å². The fourth-order valence-electron chi connectivity index (χ4n) is 1.76. The molecular weight excluding hydrogens is 304 g/mol. The Labute approximate surface area is 135 Å². The molecule has 0 saturated carbocycles. The number of aryl methyl sites for hydroxylation is 1. The van der Waals surface area contributed by atoms with E-state index in [1.165, 1.54) is 0 Å². The molecule has 0 fully saturated rings. The summed E-state index contributed by atoms with van der Waals surface area (Å²) in [5, 5.41) is 2.85. The molecule has 0 aliphatic heterocycles. The minimum atomic E-state index is -0.0383. The number of amides is 1. The molecule has 0 aliphatic rings. The van der Waals surface area contributed by atoms with Gasteiger partial charge in [0, 0.05) is 24.5 Å². The van der Waals surface area contributed by atoms with E-state index in [0.29, 0.717) is 25.1 Å². The third-order valence-electron chi connectivity index (χ3n) is 2.83. The van der Waals surface area contributed by atoms with Gasteiger partial charge < -0.3 is 15.8 Å². The number of aromatic nitrogens is 2. The number of hydrogen-bond acceptors (Lipinski definition) is 5. The van der Waals surface area contributed by atoms with Crippen LogP contribution in [0, 0.1) is 6.92 Å². The number of benzene rings is 1. The summed E-state index contributed by atoms with van der Waals surface area (Å²) in [5.41, 5.74) is 7.05. The third-order valence-corrected chi connectivity index (χ3v) is 2.83. The van der Waals surface area contributed by atoms with Crippen LogP contribution in [0.4, 0.5) is 5.69 Å². The van der Waals surface area contributed by atoms with Crippen LogP contribution in [-0.4, -0.2) is 22.4 Å². The maximum Gasteiger partial charge on any atom is 0.321 e. The Kier molecular flexibility index (Phi) is 7.28. The maximum atomic E-state index is 11.7. The Bertz CT molecular complexity index is 608. The minimum absolute atomic E-state index is 0. The summed E-state index contributed by atoms with van der Waals surface area (Å²) in [7, 11) is 0. The summed E-state index contributed by atoms with van der Waals surface area (Å²) in [5.74, 6) is 0.585. The molecule has 0 saturated heterocycles. The second-order valence-electron chi connectivity index (χ2n) is 4.55. The van der Waals surface area contributed by atoms with Crippen LogP contribution in [0.5, 0.6) is 11.8 Å². The summed E-state index contributed by atoms with van der Waals surface area (Å²) in [6.07, 6.45) is 4.33. The van der Waals surface area contributed by atoms with E-state index in [4.69, 9.17) is 10.5 Å². The zero-order chi connectivity index (χ0) is 15.1. The second-order valence-corrected chi connectivity index (χ2v) is 4.55. The standard InChI is InChI=1S/C15H18N4O2.ClH/c1-11-10-12(21-15-17-8-3-9-18-15)5-6-13(11)19-14(20)4-2-7-16;/h3,5-6,8-10H,2,4,7,16H2,1H3,(H,19,20);1H. The number of nitrogens with two attached hydrogens (primary N) is 1. The van der Waals surface area contributed by atoms with Crippen molar-refractivity contribution < 1.29 is 9.53 Å². The summed E-state index contributed by atoms with van der Waals surface area (Å²) in [4.78, 5) is 19.7. The normalized spacial score (nSPS) is 9.73. The van der Waals surface area contributed by atoms with Crippen molar-refractivity contribution in [3.05, 3.63) is 42.2 Å². The van der Waals surface area contributed by atoms with E-state index in [2.05, 4.69) is 15.3 Å². The molecule has 3 N–H and O–H groups in total. The molecule has 1 heterocycles. The molecule has 118 valence electrons. The molecule has 7 heteroatoms. The third kappa shape index (κ3) is 5.31. The predicted octanol–water partition coefficient (Wildman–Crippen LogP) is 2.68. The number of nitrogens with one attached hydrogen (secondary N) is 1. The van der Waals surface area contributed by atoms with Gasteiger partial charge in [-0.1, -0.05) is 0 Å². The number of nitrogens with zero attached hydrogens (tertiary/aromatic N) is 2. The Morgan fingerprint density at radius 1 is 1.32 bits per heavy atom. The fourth-order valence-corrected chi connectivity index (χ4v) is 1.76. The van der Waals surface area contributed by atoms with Crippen molar-refractivity contribution in [2.45, 2.75) is 19.8 Å². The van der Waals surface area contributed by atoms with E-state index in [9.17, 15) is 4.79 Å². The highest BCUT2D eigenvalue weighted by molar-refractivity contribution is 5.91. The summed E-state index contributed by atoms with van der Waals surface area (Å²) in [6.45, 7) is 2.41. The van der Waals surface area contributed by atoms with E-state index in [-0.39, 0.29) is 24.3 Å². The molecule has 1 amide bonds. The van der Waals surface area contributed by atoms with Crippen LogP contribution in [0.3, 0.4) is 0 Å². The molecule has 2 rings (SSSR count). The van der Waals surface area contributed by atoms with Gasteiger partial charge in [0.1, 0.15) is 5.75 Å². The van der Waals surface area contributed by atoms with E-state index in [1.807, 2.05) is 13.0 Å². The lowest BCUT2D eigenvalue weighted by atomic mass is 10.2. The fraction of sp³-hybridized carbons (Fsp3) is 0.267. The van der Waals surface area contributed by atoms with Crippen molar-refractivity contribution in [3.63, 3.8) is 0 Å². The van der Waals surface area contributed by atoms with E-state index >= 15 is 0 Å². The van der Waals surface area contributed by atoms with E-state index in [1.54, 1.807) is 30.6 Å². The van der Waals surface area contributed by atoms with Gasteiger partial charge in [-0.15, -0.1) is 12.4 Å². The van der Waals surface area contributed by atoms with Crippen molar-refractivity contribution in [1.29, 1.82) is 0 Å². The lowest BCUT2D eigenvalue weighted by Gasteiger charge is -2.10. The van der Waals surface area contributed by atoms with Crippen molar-refractivity contribution in [3.8, 4) is 11.8 Å². The maximum absolute atomic E-state index is 11.7. The Morgan fingerprint density at radius 2 is 2.05 bits per heavy atom. The number of hydrogen-bond donors (Lipinski definition) is 2. The number of rotatable bonds is 6. The zero-order valence-corrected chi connectivity index (χ0v) is 13.1. The van der Waals surface area contributed by atoms with Gasteiger partial charge in [-0.3, -0.25) is 4.79 Å². The van der Waals surface area contributed by atoms with Crippen LogP contribution in [0.2, 0.25) is 0 Å². The van der Waals surface area contributed by atoms with Crippen molar-refractivity contribution >= 4 is 24.0 Å². The number of carbonyl (C=O) groups excluding carboxylic acids is 1. The number of anilines is 1. The number of carbonyl (C=O) groups is 1. The first-order valence-electron chi connectivity index (χ1n) is 6.74. The number of halogens is 1. The molecule has 0 spiro atoms. The quantitative estimate of drug-likeness (QED) is 0.853. The average Bonchev–Trinajstić information content (AvgIpc) is 2.49. The molecule has 22 heavy (non-hydrogen) atoms. The molecule has 1 aromatic carbocycles. The molecular formula is C15H19ClN4O2. The van der Waals surface area contributed by atoms with Crippen LogP contribution in [0.25, 0.3) is 0 Å². The van der Waals surface area contributed by atoms with Gasteiger partial charge in [0.25, 0.3) is 0 Å². The first-order chi connectivity index (χ1) is 10.2. The van der Waals surface area contributed by atoms with Crippen molar-refractivity contribution in [1.82, 2.24) is 9.97 Å². The first kappa shape index (κ1) is 17.9. The van der Waals surface area contributed by atoms with Crippen LogP contribution < -0.4 is 15.8 Å². The molecule has 1 aromatic heterocycles. The molecule has 2 aromatic rings. The van der Waals surface area contributed by atoms with Crippen LogP contribution in [0.15, 0.2) is 36.7 Å². The number of ether oxygens (including phenoxy) is 1. The van der Waals surface area contributed by atoms with Gasteiger partial charge in [-0.25, -0.2) is 9.97 Å². The van der Waals surface area contributed by atoms with Gasteiger partial charge >= 0.3 is 6.01 Å². The topological polar surface area (TPSA) is 90.1 Å². The highest BCUT2D eigenvalue weighted by atomic mass is 35.5. The summed E-state index contributed by atoms with van der Waals surface area (Å²) >= 11 is 0. The molecule has 0 radical (unpaired) electrons. The minimum Gasteiger partial charge on any atom is -0.424 e. The van der Waals surface area contributed by atoms with Gasteiger partial charge in [0.2, 0.25) is 5.91 Å². The lowest BCUT2D eigenvalue weighted by molar-refractivity contribution is -0.116. The van der Waals surface area contributed by atoms with Gasteiger partial charge in [0.15, 0.2) is 0 Å². The van der Waals surface area contributed by atoms with Gasteiger partial charge in [0.05, 0.1) is 0 Å². The van der Waals surface area contributed by atoms with Crippen molar-refractivity contribution in [2.24, 2.45) is 5.73 Å². The van der Waals surface area contributed by atoms with Crippen LogP contribution in [0.1, 0.15) is 18.4 Å². The Balaban J connectivity index is 0.00000242. The molecule has 0 atom stereocenters. The highest BCUT2D eigenvalue weighted by Crippen LogP contribution is 2.24. The Morgan fingerprint density at radius 3 is 2.68 bits per heavy atom. The second kappa shape index (κ2) is 8.96. The highest BCUT2D eigenvalue weighted by Gasteiger charge is 2.06. The predicted molar refractivity (Wildman–Crippen MR) is 87.5 cm³/mol. The smallest absolute Gasteiger partial charge is 0.321 e. The van der Waals surface area contributed by atoms with E-state index in [0.717, 1.165) is 11.3 Å². The first-order valence-corrected chi connectivity index (χ1v) is 6.74. The molecule has 0 bridgehead atoms. The van der Waals surface area contributed by atoms with Gasteiger partial charge in [-0.2, -0.15) is 0 Å². The van der Waals surface area contributed by atoms with E-state index < -0.39 is 0 Å². The van der Waals surface area contributed by atoms with Crippen LogP contribution in [-0.2, 0) is 4.79 Å². The summed E-state index contributed by atoms with van der Waals surface area (Å²) in [6, 6.07) is 7.40. The molecule has 0 unspecified atom stereocenters. The Hall–Kier alpha value is -2.18. The average molecular weight is 323 g/mol. The molecule has 0 aliphatic carbocycles. The largest absolute Gasteiger partial charge is 0.424 e. The van der Waals surface area contributed by atoms with Crippen molar-refractivity contribution in [2.75, 3.05) is 11.9 Å². The monoisotopic (exact) mass is 322 g/mol. The zero-order valence-electron chi connectivity index (χ0n) is 12.3. The SMILES string of the molecule is Cc1cc(Oc2ncccn2)ccc1NC(=O)CCCN.Cl. The lowest BCUT2D eigenvalue weighted by Crippen LogP contribution is -2.14.